The number of hydrogen-bond acceptors (Lipinski definition) is 2. The van der Waals surface area contributed by atoms with Crippen molar-refractivity contribution in [1.82, 2.24) is 4.57 Å². The molecule has 0 N–H and O–H groups in total. The third-order valence-corrected chi connectivity index (χ3v) is 2.42. The minimum Gasteiger partial charge on any atom is -0.333 e. The molecule has 74 valence electrons. The average Bonchev–Trinajstić information content (AvgIpc) is 2.22. The fourth-order valence-corrected chi connectivity index (χ4v) is 1.66. The number of pyridine rings is 1. The first kappa shape index (κ1) is 9.75. The highest BCUT2D eigenvalue weighted by Crippen LogP contribution is 2.16. The van der Waals surface area contributed by atoms with E-state index in [1.54, 1.807) is 29.0 Å². The second-order valence-corrected chi connectivity index (χ2v) is 3.56. The van der Waals surface area contributed by atoms with E-state index in [-0.39, 0.29) is 12.0 Å². The van der Waals surface area contributed by atoms with Crippen LogP contribution in [0.4, 0.5) is 0 Å². The van der Waals surface area contributed by atoms with Crippen LogP contribution in [0.1, 0.15) is 0 Å². The lowest BCUT2D eigenvalue weighted by atomic mass is 10.2. The summed E-state index contributed by atoms with van der Waals surface area (Å²) in [5, 5.41) is 9.77. The Morgan fingerprint density at radius 3 is 2.93 bits per heavy atom. The maximum atomic E-state index is 11.5. The van der Waals surface area contributed by atoms with Gasteiger partial charge in [-0.3, -0.25) is 4.79 Å². The summed E-state index contributed by atoms with van der Waals surface area (Å²) in [6, 6.07) is 8.52. The van der Waals surface area contributed by atoms with E-state index in [9.17, 15) is 4.79 Å². The van der Waals surface area contributed by atoms with Gasteiger partial charge in [0.2, 0.25) is 0 Å². The number of halogens is 1. The van der Waals surface area contributed by atoms with Crippen molar-refractivity contribution >= 4 is 22.5 Å². The Balaban J connectivity index is 2.85. The van der Waals surface area contributed by atoms with E-state index < -0.39 is 0 Å². The minimum absolute atomic E-state index is 0.0594. The van der Waals surface area contributed by atoms with Crippen LogP contribution in [-0.4, -0.2) is 4.57 Å². The first-order valence-electron chi connectivity index (χ1n) is 4.38. The van der Waals surface area contributed by atoms with Crippen LogP contribution in [0.3, 0.4) is 0 Å². The normalized spacial score (nSPS) is 10.1. The molecule has 1 aromatic heterocycles. The van der Waals surface area contributed by atoms with Crippen LogP contribution < -0.4 is 5.43 Å². The predicted octanol–water partition coefficient (Wildman–Crippen LogP) is 2.18. The number of benzene rings is 1. The Hall–Kier alpha value is -1.79. The summed E-state index contributed by atoms with van der Waals surface area (Å²) >= 11 is 5.84. The molecule has 4 heteroatoms. The molecule has 0 aliphatic rings. The molecule has 0 bridgehead atoms. The Kier molecular flexibility index (Phi) is 2.44. The summed E-state index contributed by atoms with van der Waals surface area (Å²) in [5.41, 5.74) is 0.632. The fraction of sp³-hybridized carbons (Fsp3) is 0.0909. The van der Waals surface area contributed by atoms with Crippen molar-refractivity contribution in [2.45, 2.75) is 6.54 Å². The molecule has 0 radical (unpaired) electrons. The van der Waals surface area contributed by atoms with Crippen molar-refractivity contribution in [1.29, 1.82) is 5.26 Å². The lowest BCUT2D eigenvalue weighted by molar-refractivity contribution is 0.861. The minimum atomic E-state index is -0.0594. The molecule has 0 atom stereocenters. The van der Waals surface area contributed by atoms with Gasteiger partial charge in [0.25, 0.3) is 0 Å². The highest BCUT2D eigenvalue weighted by atomic mass is 35.5. The summed E-state index contributed by atoms with van der Waals surface area (Å²) in [6.07, 6.45) is 1.60. The van der Waals surface area contributed by atoms with Gasteiger partial charge >= 0.3 is 0 Å². The fourth-order valence-electron chi connectivity index (χ4n) is 1.49. The smallest absolute Gasteiger partial charge is 0.189 e. The van der Waals surface area contributed by atoms with Gasteiger partial charge in [-0.1, -0.05) is 11.6 Å². The molecule has 0 amide bonds. The first-order valence-corrected chi connectivity index (χ1v) is 4.76. The van der Waals surface area contributed by atoms with E-state index in [1.165, 1.54) is 6.07 Å². The summed E-state index contributed by atoms with van der Waals surface area (Å²) < 4.78 is 1.70. The number of rotatable bonds is 1. The molecule has 0 aliphatic heterocycles. The van der Waals surface area contributed by atoms with Gasteiger partial charge in [0.15, 0.2) is 5.43 Å². The van der Waals surface area contributed by atoms with Gasteiger partial charge in [-0.15, -0.1) is 0 Å². The zero-order valence-corrected chi connectivity index (χ0v) is 8.53. The van der Waals surface area contributed by atoms with Crippen molar-refractivity contribution in [3.05, 3.63) is 45.7 Å². The third kappa shape index (κ3) is 1.72. The Labute approximate surface area is 91.1 Å². The molecule has 0 unspecified atom stereocenters. The van der Waals surface area contributed by atoms with E-state index in [1.807, 2.05) is 6.07 Å². The highest BCUT2D eigenvalue weighted by molar-refractivity contribution is 6.31. The molecule has 15 heavy (non-hydrogen) atoms. The molecule has 0 saturated carbocycles. The molecular weight excluding hydrogens is 212 g/mol. The summed E-state index contributed by atoms with van der Waals surface area (Å²) in [7, 11) is 0. The van der Waals surface area contributed by atoms with Crippen molar-refractivity contribution in [2.75, 3.05) is 0 Å². The molecule has 0 fully saturated rings. The van der Waals surface area contributed by atoms with E-state index in [0.29, 0.717) is 15.9 Å². The van der Waals surface area contributed by atoms with E-state index in [0.717, 1.165) is 0 Å². The van der Waals surface area contributed by atoms with Crippen molar-refractivity contribution in [3.8, 4) is 6.07 Å². The summed E-state index contributed by atoms with van der Waals surface area (Å²) in [5.74, 6) is 0. The predicted molar refractivity (Wildman–Crippen MR) is 58.8 cm³/mol. The van der Waals surface area contributed by atoms with Crippen LogP contribution in [0.15, 0.2) is 35.3 Å². The number of hydrogen-bond donors (Lipinski definition) is 0. The molecule has 0 spiro atoms. The molecule has 0 aliphatic carbocycles. The van der Waals surface area contributed by atoms with Crippen LogP contribution in [0.2, 0.25) is 5.02 Å². The number of nitriles is 1. The van der Waals surface area contributed by atoms with Crippen LogP contribution in [0.25, 0.3) is 10.9 Å². The Morgan fingerprint density at radius 2 is 2.20 bits per heavy atom. The molecule has 1 aromatic carbocycles. The van der Waals surface area contributed by atoms with Gasteiger partial charge in [0.05, 0.1) is 11.6 Å². The average molecular weight is 219 g/mol. The van der Waals surface area contributed by atoms with Gasteiger partial charge < -0.3 is 4.57 Å². The highest BCUT2D eigenvalue weighted by Gasteiger charge is 2.02. The van der Waals surface area contributed by atoms with Crippen LogP contribution in [0, 0.1) is 11.3 Å². The lowest BCUT2D eigenvalue weighted by Crippen LogP contribution is -2.07. The van der Waals surface area contributed by atoms with Gasteiger partial charge in [0.1, 0.15) is 6.54 Å². The zero-order valence-electron chi connectivity index (χ0n) is 7.77. The van der Waals surface area contributed by atoms with Crippen molar-refractivity contribution in [3.63, 3.8) is 0 Å². The molecule has 0 saturated heterocycles. The van der Waals surface area contributed by atoms with E-state index in [4.69, 9.17) is 16.9 Å². The van der Waals surface area contributed by atoms with Crippen molar-refractivity contribution in [2.24, 2.45) is 0 Å². The van der Waals surface area contributed by atoms with Gasteiger partial charge in [0, 0.05) is 22.7 Å². The quantitative estimate of drug-likeness (QED) is 0.737. The standard InChI is InChI=1S/C11H7ClN2O/c12-8-1-2-9-10(7-8)14(6-4-13)5-3-11(9)15/h1-3,5,7H,6H2. The molecule has 3 nitrogen and oxygen atoms in total. The molecule has 2 rings (SSSR count). The zero-order chi connectivity index (χ0) is 10.8. The summed E-state index contributed by atoms with van der Waals surface area (Å²) in [6.45, 7) is 0.205. The number of aromatic nitrogens is 1. The Bertz CT molecular complexity index is 610. The van der Waals surface area contributed by atoms with E-state index >= 15 is 0 Å². The largest absolute Gasteiger partial charge is 0.333 e. The van der Waals surface area contributed by atoms with Gasteiger partial charge in [-0.2, -0.15) is 5.26 Å². The van der Waals surface area contributed by atoms with Crippen LogP contribution in [-0.2, 0) is 6.54 Å². The maximum Gasteiger partial charge on any atom is 0.189 e. The monoisotopic (exact) mass is 218 g/mol. The maximum absolute atomic E-state index is 11.5. The SMILES string of the molecule is N#CCn1ccc(=O)c2ccc(Cl)cc21. The van der Waals surface area contributed by atoms with E-state index in [2.05, 4.69) is 0 Å². The number of nitrogens with zero attached hydrogens (tertiary/aromatic N) is 2. The molecule has 2 aromatic rings. The second kappa shape index (κ2) is 3.76. The number of fused-ring (bicyclic) bond motifs is 1. The van der Waals surface area contributed by atoms with Gasteiger partial charge in [-0.25, -0.2) is 0 Å². The van der Waals surface area contributed by atoms with Crippen molar-refractivity contribution < 1.29 is 0 Å². The lowest BCUT2D eigenvalue weighted by Gasteiger charge is -2.06. The third-order valence-electron chi connectivity index (χ3n) is 2.18. The van der Waals surface area contributed by atoms with Crippen LogP contribution in [0.5, 0.6) is 0 Å². The first-order chi connectivity index (χ1) is 7.22. The summed E-state index contributed by atoms with van der Waals surface area (Å²) in [4.78, 5) is 11.5. The second-order valence-electron chi connectivity index (χ2n) is 3.13. The molecular formula is C11H7ClN2O. The molecule has 1 heterocycles. The topological polar surface area (TPSA) is 45.8 Å². The Morgan fingerprint density at radius 1 is 1.40 bits per heavy atom. The van der Waals surface area contributed by atoms with Gasteiger partial charge in [-0.05, 0) is 18.2 Å². The van der Waals surface area contributed by atoms with Crippen LogP contribution >= 0.6 is 11.6 Å².